The summed E-state index contributed by atoms with van der Waals surface area (Å²) in [6.07, 6.45) is 3.51. The Kier molecular flexibility index (Phi) is 4.58. The number of aryl methyl sites for hydroxylation is 1. The van der Waals surface area contributed by atoms with Crippen LogP contribution in [0, 0.1) is 0 Å². The van der Waals surface area contributed by atoms with Crippen molar-refractivity contribution in [3.05, 3.63) is 47.1 Å². The quantitative estimate of drug-likeness (QED) is 0.881. The van der Waals surface area contributed by atoms with Crippen molar-refractivity contribution in [3.63, 3.8) is 0 Å². The molecule has 1 unspecified atom stereocenters. The van der Waals surface area contributed by atoms with Crippen molar-refractivity contribution < 1.29 is 0 Å². The number of rotatable bonds is 5. The molecule has 3 N–H and O–H groups in total. The van der Waals surface area contributed by atoms with Crippen LogP contribution >= 0.6 is 11.6 Å². The summed E-state index contributed by atoms with van der Waals surface area (Å²) in [6, 6.07) is 10.6. The second kappa shape index (κ2) is 6.38. The van der Waals surface area contributed by atoms with Crippen LogP contribution in [0.3, 0.4) is 0 Å². The standard InChI is InChI=1S/C14H17ClN4/c1-10(7-8-11-5-3-2-4-6-11)18-13-12(15)9-17-14(16)19-13/h2-6,9-10H,7-8H2,1H3,(H3,16,17,18,19). The number of hydrogen-bond donors (Lipinski definition) is 2. The van der Waals surface area contributed by atoms with E-state index in [0.717, 1.165) is 12.8 Å². The first-order valence-electron chi connectivity index (χ1n) is 6.23. The molecule has 5 heteroatoms. The highest BCUT2D eigenvalue weighted by atomic mass is 35.5. The molecule has 1 aromatic heterocycles. The zero-order valence-corrected chi connectivity index (χ0v) is 11.6. The molecule has 0 radical (unpaired) electrons. The molecule has 0 saturated carbocycles. The lowest BCUT2D eigenvalue weighted by Crippen LogP contribution is -2.17. The minimum Gasteiger partial charge on any atom is -0.368 e. The molecule has 2 aromatic rings. The van der Waals surface area contributed by atoms with Gasteiger partial charge in [-0.2, -0.15) is 4.98 Å². The van der Waals surface area contributed by atoms with E-state index >= 15 is 0 Å². The molecule has 1 heterocycles. The Morgan fingerprint density at radius 2 is 2.05 bits per heavy atom. The van der Waals surface area contributed by atoms with Crippen LogP contribution in [0.5, 0.6) is 0 Å². The van der Waals surface area contributed by atoms with Gasteiger partial charge in [0.05, 0.1) is 6.20 Å². The topological polar surface area (TPSA) is 63.8 Å². The molecule has 4 nitrogen and oxygen atoms in total. The lowest BCUT2D eigenvalue weighted by molar-refractivity contribution is 0.703. The Hall–Kier alpha value is -1.81. The number of nitrogens with one attached hydrogen (secondary N) is 1. The van der Waals surface area contributed by atoms with E-state index in [0.29, 0.717) is 10.8 Å². The number of nitrogens with two attached hydrogens (primary N) is 1. The van der Waals surface area contributed by atoms with E-state index in [2.05, 4.69) is 46.5 Å². The Morgan fingerprint density at radius 1 is 1.32 bits per heavy atom. The van der Waals surface area contributed by atoms with E-state index < -0.39 is 0 Å². The molecule has 0 aliphatic heterocycles. The van der Waals surface area contributed by atoms with Crippen molar-refractivity contribution in [3.8, 4) is 0 Å². The highest BCUT2D eigenvalue weighted by Gasteiger charge is 2.08. The van der Waals surface area contributed by atoms with Crippen molar-refractivity contribution in [2.24, 2.45) is 0 Å². The lowest BCUT2D eigenvalue weighted by atomic mass is 10.1. The molecular weight excluding hydrogens is 260 g/mol. The summed E-state index contributed by atoms with van der Waals surface area (Å²) >= 11 is 6.01. The molecule has 0 fully saturated rings. The largest absolute Gasteiger partial charge is 0.368 e. The molecule has 1 atom stereocenters. The minimum absolute atomic E-state index is 0.224. The van der Waals surface area contributed by atoms with Crippen LogP contribution in [-0.4, -0.2) is 16.0 Å². The second-order valence-corrected chi connectivity index (χ2v) is 4.90. The van der Waals surface area contributed by atoms with Crippen LogP contribution in [-0.2, 0) is 6.42 Å². The maximum Gasteiger partial charge on any atom is 0.222 e. The van der Waals surface area contributed by atoms with E-state index in [9.17, 15) is 0 Å². The number of anilines is 2. The van der Waals surface area contributed by atoms with E-state index in [-0.39, 0.29) is 12.0 Å². The SMILES string of the molecule is CC(CCc1ccccc1)Nc1nc(N)ncc1Cl. The van der Waals surface area contributed by atoms with Gasteiger partial charge >= 0.3 is 0 Å². The van der Waals surface area contributed by atoms with E-state index in [1.54, 1.807) is 0 Å². The van der Waals surface area contributed by atoms with Gasteiger partial charge in [-0.25, -0.2) is 4.98 Å². The zero-order valence-electron chi connectivity index (χ0n) is 10.8. The first-order chi connectivity index (χ1) is 9.15. The average Bonchev–Trinajstić information content (AvgIpc) is 2.42. The van der Waals surface area contributed by atoms with Crippen LogP contribution in [0.25, 0.3) is 0 Å². The number of aromatic nitrogens is 2. The molecule has 0 spiro atoms. The fourth-order valence-electron chi connectivity index (χ4n) is 1.82. The molecule has 0 aliphatic carbocycles. The van der Waals surface area contributed by atoms with Gasteiger partial charge in [-0.1, -0.05) is 41.9 Å². The predicted molar refractivity (Wildman–Crippen MR) is 79.3 cm³/mol. The number of benzene rings is 1. The van der Waals surface area contributed by atoms with Crippen molar-refractivity contribution >= 4 is 23.4 Å². The van der Waals surface area contributed by atoms with Crippen LogP contribution in [0.1, 0.15) is 18.9 Å². The maximum atomic E-state index is 6.01. The third-order valence-electron chi connectivity index (χ3n) is 2.85. The van der Waals surface area contributed by atoms with Gasteiger partial charge in [0.15, 0.2) is 5.82 Å². The predicted octanol–water partition coefficient (Wildman–Crippen LogP) is 3.15. The van der Waals surface area contributed by atoms with Gasteiger partial charge in [-0.15, -0.1) is 0 Å². The maximum absolute atomic E-state index is 6.01. The summed E-state index contributed by atoms with van der Waals surface area (Å²) in [5.74, 6) is 0.817. The summed E-state index contributed by atoms with van der Waals surface area (Å²) in [4.78, 5) is 7.93. The van der Waals surface area contributed by atoms with E-state index in [4.69, 9.17) is 17.3 Å². The summed E-state index contributed by atoms with van der Waals surface area (Å²) in [5.41, 5.74) is 6.87. The zero-order chi connectivity index (χ0) is 13.7. The first-order valence-corrected chi connectivity index (χ1v) is 6.61. The highest BCUT2D eigenvalue weighted by Crippen LogP contribution is 2.20. The number of halogens is 1. The smallest absolute Gasteiger partial charge is 0.222 e. The average molecular weight is 277 g/mol. The van der Waals surface area contributed by atoms with Gasteiger partial charge in [-0.3, -0.25) is 0 Å². The fraction of sp³-hybridized carbons (Fsp3) is 0.286. The highest BCUT2D eigenvalue weighted by molar-refractivity contribution is 6.32. The third-order valence-corrected chi connectivity index (χ3v) is 3.13. The van der Waals surface area contributed by atoms with Gasteiger partial charge in [0.2, 0.25) is 5.95 Å². The Morgan fingerprint density at radius 3 is 2.79 bits per heavy atom. The summed E-state index contributed by atoms with van der Waals surface area (Å²) in [6.45, 7) is 2.09. The van der Waals surface area contributed by atoms with Crippen molar-refractivity contribution in [1.82, 2.24) is 9.97 Å². The number of nitrogen functional groups attached to an aromatic ring is 1. The van der Waals surface area contributed by atoms with Crippen LogP contribution in [0.2, 0.25) is 5.02 Å². The molecule has 2 rings (SSSR count). The first kappa shape index (κ1) is 13.6. The molecule has 19 heavy (non-hydrogen) atoms. The molecule has 0 amide bonds. The molecule has 100 valence electrons. The third kappa shape index (κ3) is 4.10. The van der Waals surface area contributed by atoms with Gasteiger partial charge in [-0.05, 0) is 25.3 Å². The van der Waals surface area contributed by atoms with E-state index in [1.807, 2.05) is 6.07 Å². The van der Waals surface area contributed by atoms with Gasteiger partial charge in [0, 0.05) is 6.04 Å². The van der Waals surface area contributed by atoms with Gasteiger partial charge < -0.3 is 11.1 Å². The Balaban J connectivity index is 1.90. The Labute approximate surface area is 118 Å². The normalized spacial score (nSPS) is 12.1. The number of hydrogen-bond acceptors (Lipinski definition) is 4. The van der Waals surface area contributed by atoms with Crippen molar-refractivity contribution in [1.29, 1.82) is 0 Å². The molecular formula is C14H17ClN4. The van der Waals surface area contributed by atoms with Crippen LogP contribution in [0.15, 0.2) is 36.5 Å². The molecule has 1 aromatic carbocycles. The number of nitrogens with zero attached hydrogens (tertiary/aromatic N) is 2. The summed E-state index contributed by atoms with van der Waals surface area (Å²) in [7, 11) is 0. The fourth-order valence-corrected chi connectivity index (χ4v) is 1.96. The van der Waals surface area contributed by atoms with Gasteiger partial charge in [0.1, 0.15) is 5.02 Å². The minimum atomic E-state index is 0.224. The van der Waals surface area contributed by atoms with Crippen LogP contribution < -0.4 is 11.1 Å². The van der Waals surface area contributed by atoms with Crippen molar-refractivity contribution in [2.75, 3.05) is 11.1 Å². The monoisotopic (exact) mass is 276 g/mol. The molecule has 0 saturated heterocycles. The lowest BCUT2D eigenvalue weighted by Gasteiger charge is -2.15. The van der Waals surface area contributed by atoms with Crippen molar-refractivity contribution in [2.45, 2.75) is 25.8 Å². The summed E-state index contributed by atoms with van der Waals surface area (Å²) in [5, 5.41) is 3.74. The molecule has 0 aliphatic rings. The second-order valence-electron chi connectivity index (χ2n) is 4.49. The summed E-state index contributed by atoms with van der Waals surface area (Å²) < 4.78 is 0. The van der Waals surface area contributed by atoms with E-state index in [1.165, 1.54) is 11.8 Å². The van der Waals surface area contributed by atoms with Crippen LogP contribution in [0.4, 0.5) is 11.8 Å². The molecule has 0 bridgehead atoms. The van der Waals surface area contributed by atoms with Gasteiger partial charge in [0.25, 0.3) is 0 Å². The Bertz CT molecular complexity index is 530.